The zero-order valence-corrected chi connectivity index (χ0v) is 31.0. The average molecular weight is 636 g/mol. The lowest BCUT2D eigenvalue weighted by atomic mass is 9.87. The summed E-state index contributed by atoms with van der Waals surface area (Å²) in [6.45, 7) is 27.0. The van der Waals surface area contributed by atoms with E-state index in [4.69, 9.17) is 14.2 Å². The van der Waals surface area contributed by atoms with E-state index in [1.807, 2.05) is 0 Å². The van der Waals surface area contributed by atoms with E-state index in [-0.39, 0.29) is 70.2 Å². The van der Waals surface area contributed by atoms with Crippen LogP contribution in [0.2, 0.25) is 0 Å². The quantitative estimate of drug-likeness (QED) is 0.218. The van der Waals surface area contributed by atoms with E-state index >= 15 is 0 Å². The highest BCUT2D eigenvalue weighted by molar-refractivity contribution is 5.76. The van der Waals surface area contributed by atoms with Crippen LogP contribution in [0, 0.1) is 23.7 Å². The minimum atomic E-state index is -0.560. The summed E-state index contributed by atoms with van der Waals surface area (Å²) in [5.74, 6) is -1.23. The summed E-state index contributed by atoms with van der Waals surface area (Å²) in [6.07, 6.45) is 2.61. The van der Waals surface area contributed by atoms with Crippen LogP contribution in [-0.2, 0) is 28.6 Å². The van der Waals surface area contributed by atoms with Gasteiger partial charge in [0.05, 0.1) is 19.8 Å². The average Bonchev–Trinajstić information content (AvgIpc) is 3.27. The molecular formula is C36H65N3O6. The number of esters is 3. The minimum absolute atomic E-state index is 0.00709. The lowest BCUT2D eigenvalue weighted by Crippen LogP contribution is -2.47. The number of likely N-dealkylation sites (tertiary alicyclic amines) is 2. The van der Waals surface area contributed by atoms with Gasteiger partial charge in [-0.05, 0) is 122 Å². The SMILES string of the molecule is CN1C(C)(C)CC(COC(=O)CC(CC(=O)OCC2CC(C)(C)NC2(C)C)CC(=O)OCC2CC(C)(C)N(C)C2(C)C)C1(C)C. The maximum atomic E-state index is 13.2. The van der Waals surface area contributed by atoms with Gasteiger partial charge < -0.3 is 19.5 Å². The van der Waals surface area contributed by atoms with E-state index in [1.54, 1.807) is 0 Å². The minimum Gasteiger partial charge on any atom is -0.465 e. The van der Waals surface area contributed by atoms with Crippen molar-refractivity contribution in [1.29, 1.82) is 0 Å². The van der Waals surface area contributed by atoms with E-state index in [1.165, 1.54) is 0 Å². The number of hydrogen-bond donors (Lipinski definition) is 1. The van der Waals surface area contributed by atoms with Crippen LogP contribution < -0.4 is 5.32 Å². The molecule has 0 spiro atoms. The summed E-state index contributed by atoms with van der Waals surface area (Å²) < 4.78 is 17.4. The lowest BCUT2D eigenvalue weighted by Gasteiger charge is -2.38. The third-order valence-electron chi connectivity index (χ3n) is 12.2. The first kappa shape index (κ1) is 37.7. The summed E-state index contributed by atoms with van der Waals surface area (Å²) in [5, 5.41) is 3.62. The van der Waals surface area contributed by atoms with E-state index in [9.17, 15) is 14.4 Å². The van der Waals surface area contributed by atoms with Crippen molar-refractivity contribution in [3.05, 3.63) is 0 Å². The normalized spacial score (nSPS) is 30.1. The third-order valence-corrected chi connectivity index (χ3v) is 12.2. The first-order valence-electron chi connectivity index (χ1n) is 17.0. The summed E-state index contributed by atoms with van der Waals surface area (Å²) in [4.78, 5) is 44.1. The molecule has 0 bridgehead atoms. The molecule has 0 aliphatic carbocycles. The summed E-state index contributed by atoms with van der Waals surface area (Å²) in [6, 6.07) is 0. The number of rotatable bonds is 12. The van der Waals surface area contributed by atoms with E-state index in [0.717, 1.165) is 19.3 Å². The fourth-order valence-electron chi connectivity index (χ4n) is 8.46. The predicted molar refractivity (Wildman–Crippen MR) is 178 cm³/mol. The van der Waals surface area contributed by atoms with Crippen molar-refractivity contribution < 1.29 is 28.6 Å². The van der Waals surface area contributed by atoms with Gasteiger partial charge in [0.15, 0.2) is 0 Å². The Labute approximate surface area is 273 Å². The molecule has 0 saturated carbocycles. The second-order valence-electron chi connectivity index (χ2n) is 18.0. The highest BCUT2D eigenvalue weighted by Crippen LogP contribution is 2.45. The van der Waals surface area contributed by atoms with Gasteiger partial charge in [-0.1, -0.05) is 0 Å². The van der Waals surface area contributed by atoms with Gasteiger partial charge in [-0.3, -0.25) is 24.2 Å². The molecule has 260 valence electrons. The van der Waals surface area contributed by atoms with Crippen LogP contribution in [0.1, 0.15) is 122 Å². The Morgan fingerprint density at radius 1 is 0.600 bits per heavy atom. The first-order valence-corrected chi connectivity index (χ1v) is 17.0. The molecule has 3 atom stereocenters. The Balaban J connectivity index is 1.62. The number of hydrogen-bond acceptors (Lipinski definition) is 9. The molecule has 0 radical (unpaired) electrons. The zero-order chi connectivity index (χ0) is 34.4. The van der Waals surface area contributed by atoms with Gasteiger partial charge in [0.25, 0.3) is 0 Å². The second-order valence-corrected chi connectivity index (χ2v) is 18.0. The fourth-order valence-corrected chi connectivity index (χ4v) is 8.46. The van der Waals surface area contributed by atoms with E-state index < -0.39 is 23.8 Å². The van der Waals surface area contributed by atoms with E-state index in [0.29, 0.717) is 19.8 Å². The summed E-state index contributed by atoms with van der Waals surface area (Å²) in [7, 11) is 4.23. The van der Waals surface area contributed by atoms with Crippen LogP contribution in [0.5, 0.6) is 0 Å². The molecule has 1 N–H and O–H groups in total. The number of ether oxygens (including phenoxy) is 3. The molecule has 3 aliphatic heterocycles. The first-order chi connectivity index (χ1) is 20.3. The van der Waals surface area contributed by atoms with Crippen LogP contribution in [0.15, 0.2) is 0 Å². The largest absolute Gasteiger partial charge is 0.465 e. The number of nitrogens with one attached hydrogen (secondary N) is 1. The Morgan fingerprint density at radius 3 is 1.20 bits per heavy atom. The van der Waals surface area contributed by atoms with Gasteiger partial charge >= 0.3 is 17.9 Å². The molecule has 0 aromatic carbocycles. The monoisotopic (exact) mass is 635 g/mol. The molecule has 3 aliphatic rings. The van der Waals surface area contributed by atoms with Crippen molar-refractivity contribution in [1.82, 2.24) is 15.1 Å². The number of carbonyl (C=O) groups is 3. The molecule has 3 heterocycles. The molecule has 0 amide bonds. The van der Waals surface area contributed by atoms with Crippen molar-refractivity contribution in [2.75, 3.05) is 33.9 Å². The van der Waals surface area contributed by atoms with Gasteiger partial charge in [0.1, 0.15) is 0 Å². The highest BCUT2D eigenvalue weighted by atomic mass is 16.5. The Kier molecular flexibility index (Phi) is 11.0. The topological polar surface area (TPSA) is 97.4 Å². The van der Waals surface area contributed by atoms with Crippen LogP contribution in [0.3, 0.4) is 0 Å². The molecule has 9 heteroatoms. The molecule has 45 heavy (non-hydrogen) atoms. The molecular weight excluding hydrogens is 570 g/mol. The van der Waals surface area contributed by atoms with Crippen molar-refractivity contribution in [3.63, 3.8) is 0 Å². The van der Waals surface area contributed by atoms with Crippen molar-refractivity contribution in [3.8, 4) is 0 Å². The smallest absolute Gasteiger partial charge is 0.306 e. The molecule has 3 fully saturated rings. The number of nitrogens with zero attached hydrogens (tertiary/aromatic N) is 2. The third kappa shape index (κ3) is 8.81. The predicted octanol–water partition coefficient (Wildman–Crippen LogP) is 5.59. The van der Waals surface area contributed by atoms with Gasteiger partial charge in [-0.2, -0.15) is 0 Å². The summed E-state index contributed by atoms with van der Waals surface area (Å²) >= 11 is 0. The Morgan fingerprint density at radius 2 is 0.933 bits per heavy atom. The van der Waals surface area contributed by atoms with Crippen molar-refractivity contribution >= 4 is 17.9 Å². The number of carbonyl (C=O) groups excluding carboxylic acids is 3. The lowest BCUT2D eigenvalue weighted by molar-refractivity contribution is -0.152. The van der Waals surface area contributed by atoms with Crippen molar-refractivity contribution in [2.45, 2.75) is 155 Å². The van der Waals surface area contributed by atoms with Gasteiger partial charge in [0, 0.05) is 70.2 Å². The zero-order valence-electron chi connectivity index (χ0n) is 31.0. The van der Waals surface area contributed by atoms with Gasteiger partial charge in [-0.15, -0.1) is 0 Å². The molecule has 9 nitrogen and oxygen atoms in total. The van der Waals surface area contributed by atoms with Crippen molar-refractivity contribution in [2.24, 2.45) is 23.7 Å². The van der Waals surface area contributed by atoms with Crippen LogP contribution in [0.4, 0.5) is 0 Å². The van der Waals surface area contributed by atoms with Crippen LogP contribution >= 0.6 is 0 Å². The standard InChI is InChI=1S/C36H65N3O6/c1-31(2)18-25(34(7,8)37-31)21-43-28(40)15-24(16-29(41)44-22-26-19-32(3,4)38(13)35(26,9)10)17-30(42)45-23-27-20-33(5,6)39(14)36(27,11)12/h24-27,37H,15-23H2,1-14H3. The maximum absolute atomic E-state index is 13.2. The van der Waals surface area contributed by atoms with Gasteiger partial charge in [0.2, 0.25) is 0 Å². The molecule has 3 rings (SSSR count). The van der Waals surface area contributed by atoms with Gasteiger partial charge in [-0.25, -0.2) is 0 Å². The fraction of sp³-hybridized carbons (Fsp3) is 0.917. The van der Waals surface area contributed by atoms with E-state index in [2.05, 4.69) is 112 Å². The maximum Gasteiger partial charge on any atom is 0.306 e. The van der Waals surface area contributed by atoms with Crippen LogP contribution in [-0.4, -0.2) is 94.9 Å². The summed E-state index contributed by atoms with van der Waals surface area (Å²) in [5.41, 5.74) is -0.424. The second kappa shape index (κ2) is 13.1. The molecule has 3 saturated heterocycles. The Hall–Kier alpha value is -1.71. The molecule has 3 unspecified atom stereocenters. The van der Waals surface area contributed by atoms with Crippen LogP contribution in [0.25, 0.3) is 0 Å². The Bertz CT molecular complexity index is 1040. The molecule has 0 aromatic heterocycles. The molecule has 0 aromatic rings. The highest BCUT2D eigenvalue weighted by Gasteiger charge is 2.51.